The van der Waals surface area contributed by atoms with Crippen LogP contribution in [0.5, 0.6) is 0 Å². The third-order valence-corrected chi connectivity index (χ3v) is 3.84. The van der Waals surface area contributed by atoms with E-state index in [1.54, 1.807) is 0 Å². The van der Waals surface area contributed by atoms with Crippen LogP contribution >= 0.6 is 15.9 Å². The van der Waals surface area contributed by atoms with Crippen LogP contribution in [0.2, 0.25) is 0 Å². The summed E-state index contributed by atoms with van der Waals surface area (Å²) in [4.78, 5) is 6.42. The number of anilines is 1. The highest BCUT2D eigenvalue weighted by Gasteiger charge is 2.08. The lowest BCUT2D eigenvalue weighted by Gasteiger charge is -2.21. The molecule has 0 aliphatic carbocycles. The first-order valence-corrected chi connectivity index (χ1v) is 7.13. The van der Waals surface area contributed by atoms with Gasteiger partial charge in [0, 0.05) is 35.6 Å². The predicted molar refractivity (Wildman–Crippen MR) is 82.6 cm³/mol. The number of nitrogen functional groups attached to an aromatic ring is 1. The number of rotatable bonds is 5. The zero-order valence-corrected chi connectivity index (χ0v) is 12.6. The number of nitrogens with two attached hydrogens (primary N) is 1. The van der Waals surface area contributed by atoms with Crippen molar-refractivity contribution in [2.24, 2.45) is 0 Å². The maximum Gasteiger partial charge on any atom is 0.0318 e. The van der Waals surface area contributed by atoms with Gasteiger partial charge in [-0.25, -0.2) is 0 Å². The van der Waals surface area contributed by atoms with Crippen molar-refractivity contribution in [1.29, 1.82) is 0 Å². The lowest BCUT2D eigenvalue weighted by atomic mass is 10.1. The van der Waals surface area contributed by atoms with Gasteiger partial charge in [-0.2, -0.15) is 0 Å². The average Bonchev–Trinajstić information content (AvgIpc) is 2.43. The minimum absolute atomic E-state index is 0.804. The molecule has 2 N–H and O–H groups in total. The third-order valence-electron chi connectivity index (χ3n) is 3.07. The molecule has 0 fully saturated rings. The Morgan fingerprint density at radius 2 is 1.89 bits per heavy atom. The zero-order chi connectivity index (χ0) is 13.7. The van der Waals surface area contributed by atoms with Gasteiger partial charge in [-0.3, -0.25) is 9.88 Å². The summed E-state index contributed by atoms with van der Waals surface area (Å²) in [6.07, 6.45) is 3.67. The van der Waals surface area contributed by atoms with Crippen molar-refractivity contribution in [1.82, 2.24) is 9.88 Å². The molecule has 0 aliphatic rings. The second kappa shape index (κ2) is 6.68. The first kappa shape index (κ1) is 14.0. The summed E-state index contributed by atoms with van der Waals surface area (Å²) >= 11 is 3.58. The number of hydrogen-bond acceptors (Lipinski definition) is 3. The Labute approximate surface area is 122 Å². The van der Waals surface area contributed by atoms with Gasteiger partial charge < -0.3 is 5.73 Å². The van der Waals surface area contributed by atoms with E-state index in [-0.39, 0.29) is 0 Å². The lowest BCUT2D eigenvalue weighted by Crippen LogP contribution is -2.22. The molecule has 19 heavy (non-hydrogen) atoms. The van der Waals surface area contributed by atoms with Crippen LogP contribution in [0.1, 0.15) is 18.1 Å². The van der Waals surface area contributed by atoms with Gasteiger partial charge in [-0.1, -0.05) is 22.9 Å². The number of benzene rings is 1. The molecule has 0 saturated carbocycles. The van der Waals surface area contributed by atoms with Gasteiger partial charge >= 0.3 is 0 Å². The average molecular weight is 320 g/mol. The number of pyridine rings is 1. The van der Waals surface area contributed by atoms with Crippen LogP contribution in [0, 0.1) is 0 Å². The van der Waals surface area contributed by atoms with Crippen molar-refractivity contribution < 1.29 is 0 Å². The summed E-state index contributed by atoms with van der Waals surface area (Å²) in [5, 5.41) is 0. The van der Waals surface area contributed by atoms with Gasteiger partial charge in [0.15, 0.2) is 0 Å². The number of hydrogen-bond donors (Lipinski definition) is 1. The fraction of sp³-hybridized carbons (Fsp3) is 0.267. The molecule has 100 valence electrons. The van der Waals surface area contributed by atoms with Gasteiger partial charge in [-0.05, 0) is 48.0 Å². The normalized spacial score (nSPS) is 10.9. The number of nitrogens with zero attached hydrogens (tertiary/aromatic N) is 2. The molecule has 1 heterocycles. The molecule has 0 atom stereocenters. The van der Waals surface area contributed by atoms with Crippen LogP contribution in [0.3, 0.4) is 0 Å². The van der Waals surface area contributed by atoms with E-state index in [9.17, 15) is 0 Å². The van der Waals surface area contributed by atoms with E-state index in [1.807, 2.05) is 30.6 Å². The van der Waals surface area contributed by atoms with Crippen LogP contribution in [0.4, 0.5) is 5.69 Å². The molecule has 1 aromatic carbocycles. The van der Waals surface area contributed by atoms with Gasteiger partial charge in [-0.15, -0.1) is 0 Å². The second-order valence-corrected chi connectivity index (χ2v) is 5.36. The topological polar surface area (TPSA) is 42.2 Å². The van der Waals surface area contributed by atoms with Crippen molar-refractivity contribution in [2.75, 3.05) is 12.3 Å². The summed E-state index contributed by atoms with van der Waals surface area (Å²) in [7, 11) is 0. The Kier molecular flexibility index (Phi) is 4.93. The monoisotopic (exact) mass is 319 g/mol. The van der Waals surface area contributed by atoms with Crippen molar-refractivity contribution >= 4 is 21.6 Å². The minimum atomic E-state index is 0.804. The quantitative estimate of drug-likeness (QED) is 0.858. The fourth-order valence-electron chi connectivity index (χ4n) is 1.98. The molecule has 4 heteroatoms. The highest BCUT2D eigenvalue weighted by atomic mass is 79.9. The number of aromatic nitrogens is 1. The maximum atomic E-state index is 5.85. The minimum Gasteiger partial charge on any atom is -0.399 e. The second-order valence-electron chi connectivity index (χ2n) is 4.51. The first-order chi connectivity index (χ1) is 9.19. The van der Waals surface area contributed by atoms with Crippen molar-refractivity contribution in [3.8, 4) is 0 Å². The van der Waals surface area contributed by atoms with Crippen molar-refractivity contribution in [2.45, 2.75) is 20.0 Å². The third kappa shape index (κ3) is 4.04. The summed E-state index contributed by atoms with van der Waals surface area (Å²) < 4.78 is 1.11. The Morgan fingerprint density at radius 1 is 1.16 bits per heavy atom. The molecular formula is C15H18BrN3. The maximum absolute atomic E-state index is 5.85. The molecule has 0 amide bonds. The van der Waals surface area contributed by atoms with Gasteiger partial charge in [0.2, 0.25) is 0 Å². The summed E-state index contributed by atoms with van der Waals surface area (Å²) in [6, 6.07) is 10.0. The van der Waals surface area contributed by atoms with E-state index in [4.69, 9.17) is 5.73 Å². The fourth-order valence-corrected chi connectivity index (χ4v) is 2.35. The molecule has 0 saturated heterocycles. The van der Waals surface area contributed by atoms with E-state index >= 15 is 0 Å². The summed E-state index contributed by atoms with van der Waals surface area (Å²) in [5.74, 6) is 0. The Balaban J connectivity index is 2.09. The van der Waals surface area contributed by atoms with Gasteiger partial charge in [0.05, 0.1) is 0 Å². The van der Waals surface area contributed by atoms with E-state index < -0.39 is 0 Å². The molecule has 3 nitrogen and oxygen atoms in total. The molecule has 0 aliphatic heterocycles. The molecule has 0 bridgehead atoms. The molecular weight excluding hydrogens is 302 g/mol. The highest BCUT2D eigenvalue weighted by molar-refractivity contribution is 9.10. The molecule has 0 spiro atoms. The molecule has 2 rings (SSSR count). The Bertz CT molecular complexity index is 528. The first-order valence-electron chi connectivity index (χ1n) is 6.34. The standard InChI is InChI=1S/C15H18BrN3/c1-2-19(10-12-5-7-18-8-6-12)11-13-9-14(17)3-4-15(13)16/h3-9H,2,10-11,17H2,1H3. The van der Waals surface area contributed by atoms with E-state index in [1.165, 1.54) is 11.1 Å². The van der Waals surface area contributed by atoms with E-state index in [2.05, 4.69) is 44.9 Å². The molecule has 2 aromatic rings. The van der Waals surface area contributed by atoms with Gasteiger partial charge in [0.1, 0.15) is 0 Å². The van der Waals surface area contributed by atoms with Crippen LogP contribution in [0.15, 0.2) is 47.2 Å². The van der Waals surface area contributed by atoms with Crippen LogP contribution in [-0.2, 0) is 13.1 Å². The van der Waals surface area contributed by atoms with Crippen LogP contribution in [-0.4, -0.2) is 16.4 Å². The largest absolute Gasteiger partial charge is 0.399 e. The molecule has 1 aromatic heterocycles. The van der Waals surface area contributed by atoms with E-state index in [0.29, 0.717) is 0 Å². The summed E-state index contributed by atoms with van der Waals surface area (Å²) in [6.45, 7) is 4.95. The van der Waals surface area contributed by atoms with E-state index in [0.717, 1.165) is 29.8 Å². The van der Waals surface area contributed by atoms with Gasteiger partial charge in [0.25, 0.3) is 0 Å². The van der Waals surface area contributed by atoms with Crippen molar-refractivity contribution in [3.63, 3.8) is 0 Å². The number of halogens is 1. The zero-order valence-electron chi connectivity index (χ0n) is 11.0. The molecule has 0 radical (unpaired) electrons. The Morgan fingerprint density at radius 3 is 2.58 bits per heavy atom. The molecule has 0 unspecified atom stereocenters. The SMILES string of the molecule is CCN(Cc1ccncc1)Cc1cc(N)ccc1Br. The van der Waals surface area contributed by atoms with Crippen LogP contribution < -0.4 is 5.73 Å². The van der Waals surface area contributed by atoms with Crippen LogP contribution in [0.25, 0.3) is 0 Å². The predicted octanol–water partition coefficient (Wildman–Crippen LogP) is 3.45. The highest BCUT2D eigenvalue weighted by Crippen LogP contribution is 2.21. The summed E-state index contributed by atoms with van der Waals surface area (Å²) in [5.41, 5.74) is 9.15. The smallest absolute Gasteiger partial charge is 0.0318 e. The lowest BCUT2D eigenvalue weighted by molar-refractivity contribution is 0.271. The van der Waals surface area contributed by atoms with Crippen molar-refractivity contribution in [3.05, 3.63) is 58.3 Å². The Hall–Kier alpha value is -1.39.